The van der Waals surface area contributed by atoms with E-state index in [9.17, 15) is 0 Å². The molecule has 1 aliphatic carbocycles. The van der Waals surface area contributed by atoms with E-state index in [1.807, 2.05) is 26.0 Å². The Balaban J connectivity index is 1.31. The Morgan fingerprint density at radius 2 is 1.72 bits per heavy atom. The highest BCUT2D eigenvalue weighted by molar-refractivity contribution is 5.60. The molecule has 2 aromatic heterocycles. The lowest BCUT2D eigenvalue weighted by atomic mass is 9.89. The van der Waals surface area contributed by atoms with E-state index >= 15 is 0 Å². The molecule has 2 heterocycles. The smallest absolute Gasteiger partial charge is 0.229 e. The topological polar surface area (TPSA) is 87.1 Å². The van der Waals surface area contributed by atoms with Gasteiger partial charge in [-0.1, -0.05) is 29.6 Å². The van der Waals surface area contributed by atoms with Crippen LogP contribution in [0.2, 0.25) is 0 Å². The summed E-state index contributed by atoms with van der Waals surface area (Å²) in [6.07, 6.45) is 7.79. The van der Waals surface area contributed by atoms with E-state index in [1.165, 1.54) is 32.1 Å². The molecule has 0 atom stereocenters. The van der Waals surface area contributed by atoms with E-state index in [4.69, 9.17) is 13.8 Å². The van der Waals surface area contributed by atoms with Crippen molar-refractivity contribution in [2.75, 3.05) is 6.61 Å². The summed E-state index contributed by atoms with van der Waals surface area (Å²) in [6.45, 7) is 6.47. The maximum Gasteiger partial charge on any atom is 0.229 e. The maximum absolute atomic E-state index is 6.06. The zero-order valence-electron chi connectivity index (χ0n) is 17.4. The lowest BCUT2D eigenvalue weighted by molar-refractivity contribution is 0.301. The third-order valence-corrected chi connectivity index (χ3v) is 5.48. The molecule has 0 spiro atoms. The molecule has 0 N–H and O–H groups in total. The van der Waals surface area contributed by atoms with Crippen molar-refractivity contribution < 1.29 is 13.8 Å². The summed E-state index contributed by atoms with van der Waals surface area (Å²) in [5.41, 5.74) is 3.05. The molecule has 1 aliphatic rings. The van der Waals surface area contributed by atoms with Gasteiger partial charge in [0.1, 0.15) is 5.75 Å². The summed E-state index contributed by atoms with van der Waals surface area (Å²) in [6, 6.07) is 4.06. The largest absolute Gasteiger partial charge is 0.493 e. The molecule has 0 saturated heterocycles. The zero-order valence-corrected chi connectivity index (χ0v) is 17.4. The number of hydrogen-bond donors (Lipinski definition) is 0. The standard InChI is InChI=1S/C22H28N4O3/c1-14-12-18(21-23-16(3)28-26-21)13-15(2)20(14)27-11-7-10-19-24-22(29-25-19)17-8-5-4-6-9-17/h12-13,17H,4-11H2,1-3H3. The van der Waals surface area contributed by atoms with Crippen LogP contribution in [0.25, 0.3) is 11.4 Å². The fourth-order valence-corrected chi connectivity index (χ4v) is 4.01. The average molecular weight is 396 g/mol. The van der Waals surface area contributed by atoms with Crippen LogP contribution in [0.5, 0.6) is 5.75 Å². The van der Waals surface area contributed by atoms with Gasteiger partial charge in [0.25, 0.3) is 0 Å². The lowest BCUT2D eigenvalue weighted by Gasteiger charge is -2.17. The number of benzene rings is 1. The highest BCUT2D eigenvalue weighted by atomic mass is 16.5. The molecule has 1 aromatic carbocycles. The van der Waals surface area contributed by atoms with Crippen molar-refractivity contribution in [1.29, 1.82) is 0 Å². The summed E-state index contributed by atoms with van der Waals surface area (Å²) in [7, 11) is 0. The Kier molecular flexibility index (Phi) is 5.92. The van der Waals surface area contributed by atoms with Gasteiger partial charge in [-0.3, -0.25) is 0 Å². The van der Waals surface area contributed by atoms with Crippen molar-refractivity contribution in [3.63, 3.8) is 0 Å². The first kappa shape index (κ1) is 19.6. The minimum Gasteiger partial charge on any atom is -0.493 e. The Morgan fingerprint density at radius 3 is 2.41 bits per heavy atom. The third kappa shape index (κ3) is 4.66. The number of rotatable bonds is 7. The Labute approximate surface area is 170 Å². The van der Waals surface area contributed by atoms with Crippen LogP contribution >= 0.6 is 0 Å². The minimum atomic E-state index is 0.452. The number of hydrogen-bond acceptors (Lipinski definition) is 7. The molecule has 4 rings (SSSR count). The predicted molar refractivity (Wildman–Crippen MR) is 108 cm³/mol. The van der Waals surface area contributed by atoms with Crippen molar-refractivity contribution in [3.8, 4) is 17.1 Å². The van der Waals surface area contributed by atoms with Crippen molar-refractivity contribution in [2.45, 2.75) is 71.6 Å². The summed E-state index contributed by atoms with van der Waals surface area (Å²) in [4.78, 5) is 8.90. The molecule has 7 nitrogen and oxygen atoms in total. The number of aryl methyl sites for hydroxylation is 4. The molecular weight excluding hydrogens is 368 g/mol. The van der Waals surface area contributed by atoms with Crippen LogP contribution in [-0.4, -0.2) is 26.9 Å². The second-order valence-electron chi connectivity index (χ2n) is 7.91. The molecule has 0 unspecified atom stereocenters. The molecule has 0 aliphatic heterocycles. The average Bonchev–Trinajstić information content (AvgIpc) is 3.36. The van der Waals surface area contributed by atoms with Crippen LogP contribution in [0.4, 0.5) is 0 Å². The van der Waals surface area contributed by atoms with Crippen molar-refractivity contribution in [1.82, 2.24) is 20.3 Å². The zero-order chi connectivity index (χ0) is 20.2. The van der Waals surface area contributed by atoms with Gasteiger partial charge in [0.05, 0.1) is 6.61 Å². The minimum absolute atomic E-state index is 0.452. The van der Waals surface area contributed by atoms with E-state index in [-0.39, 0.29) is 0 Å². The molecular formula is C22H28N4O3. The summed E-state index contributed by atoms with van der Waals surface area (Å²) in [5, 5.41) is 8.15. The van der Waals surface area contributed by atoms with Gasteiger partial charge in [0.2, 0.25) is 17.6 Å². The number of ether oxygens (including phenoxy) is 1. The molecule has 1 saturated carbocycles. The van der Waals surface area contributed by atoms with Crippen molar-refractivity contribution in [3.05, 3.63) is 40.9 Å². The van der Waals surface area contributed by atoms with Gasteiger partial charge in [-0.25, -0.2) is 0 Å². The summed E-state index contributed by atoms with van der Waals surface area (Å²) < 4.78 is 16.6. The molecule has 29 heavy (non-hydrogen) atoms. The predicted octanol–water partition coefficient (Wildman–Crippen LogP) is 5.10. The Hall–Kier alpha value is -2.70. The highest BCUT2D eigenvalue weighted by Gasteiger charge is 2.21. The quantitative estimate of drug-likeness (QED) is 0.513. The third-order valence-electron chi connectivity index (χ3n) is 5.48. The number of nitrogens with zero attached hydrogens (tertiary/aromatic N) is 4. The van der Waals surface area contributed by atoms with Crippen LogP contribution in [-0.2, 0) is 6.42 Å². The van der Waals surface area contributed by atoms with E-state index in [1.54, 1.807) is 6.92 Å². The van der Waals surface area contributed by atoms with Crippen molar-refractivity contribution in [2.24, 2.45) is 0 Å². The monoisotopic (exact) mass is 396 g/mol. The fraction of sp³-hybridized carbons (Fsp3) is 0.545. The van der Waals surface area contributed by atoms with Gasteiger partial charge in [0, 0.05) is 24.8 Å². The van der Waals surface area contributed by atoms with Crippen LogP contribution in [0.15, 0.2) is 21.2 Å². The summed E-state index contributed by atoms with van der Waals surface area (Å²) in [5.74, 6) is 4.12. The fourth-order valence-electron chi connectivity index (χ4n) is 4.01. The Bertz CT molecular complexity index is 934. The van der Waals surface area contributed by atoms with Gasteiger partial charge < -0.3 is 13.8 Å². The van der Waals surface area contributed by atoms with Crippen LogP contribution in [0, 0.1) is 20.8 Å². The number of aromatic nitrogens is 4. The van der Waals surface area contributed by atoms with E-state index in [0.717, 1.165) is 47.0 Å². The first-order chi connectivity index (χ1) is 14.1. The maximum atomic E-state index is 6.06. The first-order valence-electron chi connectivity index (χ1n) is 10.5. The van der Waals surface area contributed by atoms with Crippen LogP contribution in [0.1, 0.15) is 73.2 Å². The molecule has 0 amide bonds. The SMILES string of the molecule is Cc1nc(-c2cc(C)c(OCCCc3noc(C4CCCCC4)n3)c(C)c2)no1. The lowest BCUT2D eigenvalue weighted by Crippen LogP contribution is -2.05. The highest BCUT2D eigenvalue weighted by Crippen LogP contribution is 2.32. The van der Waals surface area contributed by atoms with Crippen molar-refractivity contribution >= 4 is 0 Å². The molecule has 0 bridgehead atoms. The normalized spacial score (nSPS) is 15.0. The second-order valence-corrected chi connectivity index (χ2v) is 7.91. The summed E-state index contributed by atoms with van der Waals surface area (Å²) >= 11 is 0. The molecule has 7 heteroatoms. The van der Waals surface area contributed by atoms with Gasteiger partial charge in [-0.15, -0.1) is 0 Å². The molecule has 3 aromatic rings. The molecule has 1 fully saturated rings. The second kappa shape index (κ2) is 8.76. The first-order valence-corrected chi connectivity index (χ1v) is 10.5. The van der Waals surface area contributed by atoms with E-state index in [0.29, 0.717) is 24.2 Å². The molecule has 0 radical (unpaired) electrons. The molecule has 154 valence electrons. The van der Waals surface area contributed by atoms with Gasteiger partial charge in [-0.2, -0.15) is 9.97 Å². The van der Waals surface area contributed by atoms with Gasteiger partial charge in [0.15, 0.2) is 5.82 Å². The van der Waals surface area contributed by atoms with Gasteiger partial charge in [-0.05, 0) is 56.4 Å². The van der Waals surface area contributed by atoms with Crippen LogP contribution < -0.4 is 4.74 Å². The van der Waals surface area contributed by atoms with Gasteiger partial charge >= 0.3 is 0 Å². The van der Waals surface area contributed by atoms with E-state index in [2.05, 4.69) is 20.3 Å². The van der Waals surface area contributed by atoms with Crippen LogP contribution in [0.3, 0.4) is 0 Å². The van der Waals surface area contributed by atoms with E-state index < -0.39 is 0 Å². The Morgan fingerprint density at radius 1 is 0.966 bits per heavy atom.